The summed E-state index contributed by atoms with van der Waals surface area (Å²) in [6, 6.07) is 5.11. The van der Waals surface area contributed by atoms with Crippen LogP contribution >= 0.6 is 0 Å². The zero-order valence-electron chi connectivity index (χ0n) is 20.5. The average Bonchev–Trinajstić information content (AvgIpc) is 3.26. The Kier molecular flexibility index (Phi) is 8.29. The first kappa shape index (κ1) is 26.4. The molecule has 0 bridgehead atoms. The number of hydrogen-bond acceptors (Lipinski definition) is 7. The summed E-state index contributed by atoms with van der Waals surface area (Å²) in [4.78, 5) is 44.9. The van der Waals surface area contributed by atoms with Crippen molar-refractivity contribution in [1.82, 2.24) is 15.6 Å². The maximum atomic E-state index is 14.0. The molecule has 0 radical (unpaired) electrons. The van der Waals surface area contributed by atoms with Crippen molar-refractivity contribution in [3.05, 3.63) is 53.7 Å². The monoisotopic (exact) mass is 517 g/mol. The summed E-state index contributed by atoms with van der Waals surface area (Å²) in [5, 5.41) is 7.77. The van der Waals surface area contributed by atoms with E-state index in [9.17, 15) is 23.2 Å². The third kappa shape index (κ3) is 5.86. The predicted molar refractivity (Wildman–Crippen MR) is 130 cm³/mol. The summed E-state index contributed by atoms with van der Waals surface area (Å²) in [6.45, 7) is 2.56. The van der Waals surface area contributed by atoms with Crippen molar-refractivity contribution in [2.75, 3.05) is 30.5 Å². The Morgan fingerprint density at radius 1 is 1.14 bits per heavy atom. The third-order valence-corrected chi connectivity index (χ3v) is 6.58. The summed E-state index contributed by atoms with van der Waals surface area (Å²) in [6.07, 6.45) is 0.423. The van der Waals surface area contributed by atoms with Gasteiger partial charge in [-0.05, 0) is 50.9 Å². The maximum absolute atomic E-state index is 14.0. The summed E-state index contributed by atoms with van der Waals surface area (Å²) in [5.74, 6) is -2.74. The number of nitrogens with zero attached hydrogens (tertiary/aromatic N) is 2. The molecule has 12 heteroatoms. The molecule has 0 aliphatic carbocycles. The Balaban J connectivity index is 1.60. The number of benzene rings is 1. The van der Waals surface area contributed by atoms with E-state index in [4.69, 9.17) is 9.47 Å². The van der Waals surface area contributed by atoms with Gasteiger partial charge in [-0.3, -0.25) is 19.8 Å². The second-order valence-corrected chi connectivity index (χ2v) is 8.93. The SMILES string of the molecule is CN[C@@H](C)C(=O)N[C@H](C(=O)N1c2ncccc2C[C@H]1OC(=O)Nc1c(F)cccc1F)C1CCOCC1. The molecule has 2 aliphatic rings. The van der Waals surface area contributed by atoms with Crippen LogP contribution in [0.15, 0.2) is 36.5 Å². The summed E-state index contributed by atoms with van der Waals surface area (Å²) >= 11 is 0. The number of pyridine rings is 1. The van der Waals surface area contributed by atoms with Gasteiger partial charge < -0.3 is 20.1 Å². The molecule has 1 aromatic heterocycles. The minimum atomic E-state index is -1.15. The maximum Gasteiger partial charge on any atom is 0.413 e. The predicted octanol–water partition coefficient (Wildman–Crippen LogP) is 2.34. The lowest BCUT2D eigenvalue weighted by Gasteiger charge is -2.34. The van der Waals surface area contributed by atoms with Gasteiger partial charge in [-0.1, -0.05) is 12.1 Å². The quantitative estimate of drug-likeness (QED) is 0.515. The topological polar surface area (TPSA) is 122 Å². The molecule has 1 fully saturated rings. The van der Waals surface area contributed by atoms with E-state index in [1.54, 1.807) is 26.1 Å². The second-order valence-electron chi connectivity index (χ2n) is 8.93. The van der Waals surface area contributed by atoms with Crippen molar-refractivity contribution < 1.29 is 32.6 Å². The minimum Gasteiger partial charge on any atom is -0.424 e. The molecule has 0 unspecified atom stereocenters. The number of aromatic nitrogens is 1. The van der Waals surface area contributed by atoms with E-state index in [1.807, 2.05) is 0 Å². The van der Waals surface area contributed by atoms with Gasteiger partial charge in [-0.15, -0.1) is 0 Å². The second kappa shape index (κ2) is 11.6. The van der Waals surface area contributed by atoms with Gasteiger partial charge in [-0.2, -0.15) is 0 Å². The summed E-state index contributed by atoms with van der Waals surface area (Å²) in [7, 11) is 1.64. The Hall–Kier alpha value is -3.64. The van der Waals surface area contributed by atoms with Crippen LogP contribution in [-0.2, 0) is 25.5 Å². The van der Waals surface area contributed by atoms with Crippen molar-refractivity contribution in [2.24, 2.45) is 5.92 Å². The van der Waals surface area contributed by atoms with E-state index < -0.39 is 47.6 Å². The van der Waals surface area contributed by atoms with E-state index in [0.717, 1.165) is 12.1 Å². The van der Waals surface area contributed by atoms with Crippen molar-refractivity contribution in [1.29, 1.82) is 0 Å². The van der Waals surface area contributed by atoms with Crippen LogP contribution in [0, 0.1) is 17.6 Å². The van der Waals surface area contributed by atoms with Crippen LogP contribution in [0.2, 0.25) is 0 Å². The van der Waals surface area contributed by atoms with Crippen LogP contribution < -0.4 is 20.9 Å². The molecular formula is C25H29F2N5O5. The van der Waals surface area contributed by atoms with Gasteiger partial charge in [-0.25, -0.2) is 18.6 Å². The molecule has 2 aromatic rings. The molecule has 3 heterocycles. The number of ether oxygens (including phenoxy) is 2. The van der Waals surface area contributed by atoms with E-state index in [-0.39, 0.29) is 24.1 Å². The fourth-order valence-corrected chi connectivity index (χ4v) is 4.42. The smallest absolute Gasteiger partial charge is 0.413 e. The van der Waals surface area contributed by atoms with Crippen molar-refractivity contribution in [2.45, 2.75) is 44.5 Å². The van der Waals surface area contributed by atoms with E-state index in [2.05, 4.69) is 20.9 Å². The fourth-order valence-electron chi connectivity index (χ4n) is 4.42. The number of likely N-dealkylation sites (N-methyl/N-ethyl adjacent to an activating group) is 1. The van der Waals surface area contributed by atoms with Gasteiger partial charge in [0.2, 0.25) is 5.91 Å². The molecule has 37 heavy (non-hydrogen) atoms. The van der Waals surface area contributed by atoms with Crippen molar-refractivity contribution in [3.8, 4) is 0 Å². The van der Waals surface area contributed by atoms with E-state index in [0.29, 0.717) is 31.6 Å². The molecule has 3 amide bonds. The molecule has 2 aliphatic heterocycles. The number of carbonyl (C=O) groups excluding carboxylic acids is 3. The number of carbonyl (C=O) groups is 3. The van der Waals surface area contributed by atoms with Crippen LogP contribution in [0.25, 0.3) is 0 Å². The van der Waals surface area contributed by atoms with Crippen molar-refractivity contribution in [3.63, 3.8) is 0 Å². The van der Waals surface area contributed by atoms with Gasteiger partial charge in [0.25, 0.3) is 5.91 Å². The standard InChI is InChI=1S/C25H29F2N5O5/c1-14(28-2)23(33)30-20(15-8-11-36-12-9-15)24(34)32-19(13-16-5-4-10-29-22(16)32)37-25(35)31-21-17(26)6-3-7-18(21)27/h3-7,10,14-15,19-20,28H,8-9,11-13H2,1-2H3,(H,30,33)(H,31,35)/t14-,19+,20-/m0/s1. The summed E-state index contributed by atoms with van der Waals surface area (Å²) < 4.78 is 39.0. The average molecular weight is 518 g/mol. The third-order valence-electron chi connectivity index (χ3n) is 6.58. The first-order chi connectivity index (χ1) is 17.8. The van der Waals surface area contributed by atoms with Crippen LogP contribution in [0.5, 0.6) is 0 Å². The normalized spacial score (nSPS) is 19.0. The van der Waals surface area contributed by atoms with Crippen LogP contribution in [0.1, 0.15) is 25.3 Å². The Bertz CT molecular complexity index is 1140. The Morgan fingerprint density at radius 2 is 1.84 bits per heavy atom. The first-order valence-corrected chi connectivity index (χ1v) is 12.0. The largest absolute Gasteiger partial charge is 0.424 e. The lowest BCUT2D eigenvalue weighted by molar-refractivity contribution is -0.131. The summed E-state index contributed by atoms with van der Waals surface area (Å²) in [5.41, 5.74) is -0.0150. The molecular weight excluding hydrogens is 488 g/mol. The number of hydrogen-bond donors (Lipinski definition) is 3. The van der Waals surface area contributed by atoms with Gasteiger partial charge in [0.1, 0.15) is 29.2 Å². The molecule has 4 rings (SSSR count). The van der Waals surface area contributed by atoms with Crippen LogP contribution in [0.3, 0.4) is 0 Å². The lowest BCUT2D eigenvalue weighted by Crippen LogP contribution is -2.58. The molecule has 0 spiro atoms. The van der Waals surface area contributed by atoms with Gasteiger partial charge in [0, 0.05) is 31.4 Å². The molecule has 10 nitrogen and oxygen atoms in total. The fraction of sp³-hybridized carbons (Fsp3) is 0.440. The van der Waals surface area contributed by atoms with E-state index >= 15 is 0 Å². The number of para-hydroxylation sites is 1. The van der Waals surface area contributed by atoms with Gasteiger partial charge >= 0.3 is 6.09 Å². The molecule has 3 N–H and O–H groups in total. The number of nitrogens with one attached hydrogen (secondary N) is 3. The van der Waals surface area contributed by atoms with E-state index in [1.165, 1.54) is 17.2 Å². The highest BCUT2D eigenvalue weighted by atomic mass is 19.1. The number of fused-ring (bicyclic) bond motifs is 1. The molecule has 198 valence electrons. The lowest BCUT2D eigenvalue weighted by atomic mass is 9.90. The Morgan fingerprint density at radius 3 is 2.51 bits per heavy atom. The number of amides is 3. The highest BCUT2D eigenvalue weighted by Gasteiger charge is 2.43. The number of rotatable bonds is 7. The highest BCUT2D eigenvalue weighted by Crippen LogP contribution is 2.33. The number of halogens is 2. The molecule has 1 aromatic carbocycles. The van der Waals surface area contributed by atoms with Crippen molar-refractivity contribution >= 4 is 29.4 Å². The van der Waals surface area contributed by atoms with Gasteiger partial charge in [0.05, 0.1) is 6.04 Å². The minimum absolute atomic E-state index is 0.115. The molecule has 1 saturated heterocycles. The first-order valence-electron chi connectivity index (χ1n) is 12.0. The highest BCUT2D eigenvalue weighted by molar-refractivity contribution is 6.01. The molecule has 0 saturated carbocycles. The zero-order valence-corrected chi connectivity index (χ0v) is 20.5. The van der Waals surface area contributed by atoms with Crippen LogP contribution in [-0.4, -0.2) is 61.5 Å². The van der Waals surface area contributed by atoms with Crippen LogP contribution in [0.4, 0.5) is 25.1 Å². The number of anilines is 2. The van der Waals surface area contributed by atoms with Gasteiger partial charge in [0.15, 0.2) is 6.23 Å². The Labute approximate surface area is 212 Å². The molecule has 3 atom stereocenters. The zero-order chi connectivity index (χ0) is 26.5.